The summed E-state index contributed by atoms with van der Waals surface area (Å²) in [7, 11) is 0. The molecule has 0 spiro atoms. The van der Waals surface area contributed by atoms with Crippen LogP contribution in [0.4, 0.5) is 0 Å². The molecule has 1 amide bonds. The van der Waals surface area contributed by atoms with Crippen LogP contribution >= 0.6 is 34.5 Å². The highest BCUT2D eigenvalue weighted by molar-refractivity contribution is 7.09. The molecular formula is C18H19Cl2N3OS. The van der Waals surface area contributed by atoms with Crippen molar-refractivity contribution in [2.45, 2.75) is 13.5 Å². The number of thiazole rings is 1. The van der Waals surface area contributed by atoms with Gasteiger partial charge in [-0.05, 0) is 36.8 Å². The van der Waals surface area contributed by atoms with Crippen LogP contribution < -0.4 is 0 Å². The van der Waals surface area contributed by atoms with Crippen molar-refractivity contribution in [2.75, 3.05) is 26.2 Å². The van der Waals surface area contributed by atoms with Crippen molar-refractivity contribution >= 4 is 46.5 Å². The number of nitrogens with zero attached hydrogens (tertiary/aromatic N) is 3. The van der Waals surface area contributed by atoms with Crippen LogP contribution in [0.5, 0.6) is 0 Å². The third kappa shape index (κ3) is 5.05. The van der Waals surface area contributed by atoms with Gasteiger partial charge in [-0.1, -0.05) is 23.2 Å². The molecule has 4 nitrogen and oxygen atoms in total. The molecule has 1 fully saturated rings. The van der Waals surface area contributed by atoms with Gasteiger partial charge in [-0.3, -0.25) is 9.69 Å². The Hall–Kier alpha value is -1.40. The predicted molar refractivity (Wildman–Crippen MR) is 104 cm³/mol. The van der Waals surface area contributed by atoms with Crippen molar-refractivity contribution in [3.63, 3.8) is 0 Å². The van der Waals surface area contributed by atoms with Gasteiger partial charge in [0, 0.05) is 54.2 Å². The first-order valence-electron chi connectivity index (χ1n) is 8.06. The number of halogens is 2. The van der Waals surface area contributed by atoms with E-state index >= 15 is 0 Å². The number of benzene rings is 1. The molecule has 25 heavy (non-hydrogen) atoms. The highest BCUT2D eigenvalue weighted by Gasteiger charge is 2.20. The zero-order valence-electron chi connectivity index (χ0n) is 13.9. The minimum Gasteiger partial charge on any atom is -0.337 e. The molecule has 2 heterocycles. The third-order valence-electron chi connectivity index (χ3n) is 4.10. The molecule has 0 saturated carbocycles. The molecule has 1 aliphatic rings. The van der Waals surface area contributed by atoms with Gasteiger partial charge in [-0.25, -0.2) is 4.98 Å². The van der Waals surface area contributed by atoms with E-state index < -0.39 is 0 Å². The molecule has 1 aromatic heterocycles. The van der Waals surface area contributed by atoms with Crippen molar-refractivity contribution in [2.24, 2.45) is 0 Å². The lowest BCUT2D eigenvalue weighted by molar-refractivity contribution is -0.127. The van der Waals surface area contributed by atoms with Crippen molar-refractivity contribution in [1.82, 2.24) is 14.8 Å². The third-order valence-corrected chi connectivity index (χ3v) is 5.50. The first-order chi connectivity index (χ1) is 12.0. The summed E-state index contributed by atoms with van der Waals surface area (Å²) in [4.78, 5) is 21.1. The number of aryl methyl sites for hydroxylation is 1. The number of carbonyl (C=O) groups is 1. The van der Waals surface area contributed by atoms with E-state index in [0.717, 1.165) is 49.0 Å². The normalized spacial score (nSPS) is 15.9. The number of rotatable bonds is 4. The Bertz CT molecular complexity index is 782. The fourth-order valence-corrected chi connectivity index (χ4v) is 3.71. The van der Waals surface area contributed by atoms with Crippen LogP contribution in [0.2, 0.25) is 10.0 Å². The predicted octanol–water partition coefficient (Wildman–Crippen LogP) is 4.12. The van der Waals surface area contributed by atoms with E-state index in [2.05, 4.69) is 15.3 Å². The van der Waals surface area contributed by atoms with Gasteiger partial charge in [0.05, 0.1) is 10.7 Å². The number of aromatic nitrogens is 1. The van der Waals surface area contributed by atoms with Crippen LogP contribution in [0.3, 0.4) is 0 Å². The standard InChI is InChI=1S/C18H19Cl2N3OS/c1-13-21-16(12-25-13)11-22-6-8-23(9-7-22)18(24)5-2-14-10-15(19)3-4-17(14)20/h2-5,10,12H,6-9,11H2,1H3. The number of hydrogen-bond acceptors (Lipinski definition) is 4. The topological polar surface area (TPSA) is 36.4 Å². The summed E-state index contributed by atoms with van der Waals surface area (Å²) in [5.74, 6) is 0.000181. The molecule has 0 bridgehead atoms. The largest absolute Gasteiger partial charge is 0.337 e. The molecule has 0 aliphatic carbocycles. The molecule has 0 radical (unpaired) electrons. The van der Waals surface area contributed by atoms with E-state index in [9.17, 15) is 4.79 Å². The van der Waals surface area contributed by atoms with Crippen LogP contribution in [0.15, 0.2) is 29.7 Å². The van der Waals surface area contributed by atoms with Gasteiger partial charge in [0.15, 0.2) is 0 Å². The van der Waals surface area contributed by atoms with Crippen LogP contribution in [-0.4, -0.2) is 46.9 Å². The lowest BCUT2D eigenvalue weighted by Gasteiger charge is -2.33. The summed E-state index contributed by atoms with van der Waals surface area (Å²) < 4.78 is 0. The molecule has 2 aromatic rings. The molecule has 3 rings (SSSR count). The molecule has 132 valence electrons. The summed E-state index contributed by atoms with van der Waals surface area (Å²) in [6.45, 7) is 6.01. The quantitative estimate of drug-likeness (QED) is 0.730. The maximum Gasteiger partial charge on any atom is 0.246 e. The van der Waals surface area contributed by atoms with Crippen molar-refractivity contribution < 1.29 is 4.79 Å². The number of carbonyl (C=O) groups excluding carboxylic acids is 1. The number of piperazine rings is 1. The van der Waals surface area contributed by atoms with E-state index in [1.807, 2.05) is 11.8 Å². The van der Waals surface area contributed by atoms with E-state index in [0.29, 0.717) is 10.0 Å². The first kappa shape index (κ1) is 18.4. The lowest BCUT2D eigenvalue weighted by Crippen LogP contribution is -2.47. The zero-order chi connectivity index (χ0) is 17.8. The van der Waals surface area contributed by atoms with Crippen LogP contribution in [-0.2, 0) is 11.3 Å². The Morgan fingerprint density at radius 1 is 1.28 bits per heavy atom. The zero-order valence-corrected chi connectivity index (χ0v) is 16.2. The van der Waals surface area contributed by atoms with Crippen LogP contribution in [0, 0.1) is 6.92 Å². The van der Waals surface area contributed by atoms with Gasteiger partial charge in [-0.15, -0.1) is 11.3 Å². The second-order valence-electron chi connectivity index (χ2n) is 5.96. The van der Waals surface area contributed by atoms with Gasteiger partial charge >= 0.3 is 0 Å². The Balaban J connectivity index is 1.52. The average Bonchev–Trinajstić information content (AvgIpc) is 3.01. The summed E-state index contributed by atoms with van der Waals surface area (Å²) in [5, 5.41) is 4.37. The Morgan fingerprint density at radius 2 is 2.04 bits per heavy atom. The molecule has 1 aromatic carbocycles. The fraction of sp³-hybridized carbons (Fsp3) is 0.333. The molecule has 1 aliphatic heterocycles. The average molecular weight is 396 g/mol. The lowest BCUT2D eigenvalue weighted by atomic mass is 10.2. The van der Waals surface area contributed by atoms with Gasteiger partial charge in [0.1, 0.15) is 0 Å². The second kappa shape index (κ2) is 8.32. The van der Waals surface area contributed by atoms with E-state index in [-0.39, 0.29) is 5.91 Å². The number of hydrogen-bond donors (Lipinski definition) is 0. The maximum absolute atomic E-state index is 12.4. The summed E-state index contributed by atoms with van der Waals surface area (Å²) >= 11 is 13.8. The molecular weight excluding hydrogens is 377 g/mol. The molecule has 0 unspecified atom stereocenters. The molecule has 0 N–H and O–H groups in total. The molecule has 1 saturated heterocycles. The van der Waals surface area contributed by atoms with Gasteiger partial charge in [0.25, 0.3) is 0 Å². The molecule has 7 heteroatoms. The summed E-state index contributed by atoms with van der Waals surface area (Å²) in [6.07, 6.45) is 3.29. The first-order valence-corrected chi connectivity index (χ1v) is 9.70. The monoisotopic (exact) mass is 395 g/mol. The fourth-order valence-electron chi connectivity index (χ4n) is 2.75. The SMILES string of the molecule is Cc1nc(CN2CCN(C(=O)C=Cc3cc(Cl)ccc3Cl)CC2)cs1. The highest BCUT2D eigenvalue weighted by Crippen LogP contribution is 2.22. The van der Waals surface area contributed by atoms with Crippen LogP contribution in [0.1, 0.15) is 16.3 Å². The van der Waals surface area contributed by atoms with Crippen molar-refractivity contribution in [3.8, 4) is 0 Å². The van der Waals surface area contributed by atoms with Crippen LogP contribution in [0.25, 0.3) is 6.08 Å². The van der Waals surface area contributed by atoms with E-state index in [4.69, 9.17) is 23.2 Å². The highest BCUT2D eigenvalue weighted by atomic mass is 35.5. The van der Waals surface area contributed by atoms with E-state index in [1.54, 1.807) is 41.7 Å². The summed E-state index contributed by atoms with van der Waals surface area (Å²) in [5.41, 5.74) is 1.86. The smallest absolute Gasteiger partial charge is 0.246 e. The van der Waals surface area contributed by atoms with Crippen molar-refractivity contribution in [3.05, 3.63) is 56.0 Å². The maximum atomic E-state index is 12.4. The van der Waals surface area contributed by atoms with E-state index in [1.165, 1.54) is 0 Å². The van der Waals surface area contributed by atoms with Crippen molar-refractivity contribution in [1.29, 1.82) is 0 Å². The molecule has 0 atom stereocenters. The Kier molecular flexibility index (Phi) is 6.12. The second-order valence-corrected chi connectivity index (χ2v) is 7.86. The van der Waals surface area contributed by atoms with Gasteiger partial charge in [-0.2, -0.15) is 0 Å². The number of amides is 1. The minimum absolute atomic E-state index is 0.000181. The minimum atomic E-state index is 0.000181. The van der Waals surface area contributed by atoms with Gasteiger partial charge < -0.3 is 4.90 Å². The summed E-state index contributed by atoms with van der Waals surface area (Å²) in [6, 6.07) is 5.21. The van der Waals surface area contributed by atoms with Gasteiger partial charge in [0.2, 0.25) is 5.91 Å². The Labute approximate surface area is 161 Å². The Morgan fingerprint density at radius 3 is 2.72 bits per heavy atom.